The Hall–Kier alpha value is -0.860. The van der Waals surface area contributed by atoms with Crippen LogP contribution < -0.4 is 0 Å². The number of hydrogen-bond donors (Lipinski definition) is 0. The van der Waals surface area contributed by atoms with Gasteiger partial charge in [0.1, 0.15) is 5.78 Å². The lowest BCUT2D eigenvalue weighted by Gasteiger charge is -2.40. The van der Waals surface area contributed by atoms with Crippen LogP contribution in [0, 0.1) is 28.6 Å². The highest BCUT2D eigenvalue weighted by Gasteiger charge is 2.37. The number of Topliss-reactive ketones (excluding diaryl/α,β-unsaturated/α-hetero) is 1. The molecule has 0 aromatic carbocycles. The highest BCUT2D eigenvalue weighted by molar-refractivity contribution is 5.86. The Labute approximate surface area is 148 Å². The molecule has 0 N–H and O–H groups in total. The Morgan fingerprint density at radius 1 is 0.750 bits per heavy atom. The molecule has 0 aromatic rings. The van der Waals surface area contributed by atoms with Crippen LogP contribution in [0.1, 0.15) is 80.1 Å². The molecular formula is C21H37NO2. The first-order valence-corrected chi connectivity index (χ1v) is 9.83. The van der Waals surface area contributed by atoms with Crippen molar-refractivity contribution in [2.24, 2.45) is 28.6 Å². The van der Waals surface area contributed by atoms with Gasteiger partial charge in [0, 0.05) is 30.3 Å². The summed E-state index contributed by atoms with van der Waals surface area (Å²) in [4.78, 5) is 27.4. The van der Waals surface area contributed by atoms with E-state index in [0.717, 1.165) is 57.5 Å². The van der Waals surface area contributed by atoms with Crippen molar-refractivity contribution in [2.75, 3.05) is 13.1 Å². The van der Waals surface area contributed by atoms with Crippen LogP contribution in [-0.2, 0) is 9.59 Å². The van der Waals surface area contributed by atoms with Crippen LogP contribution in [0.15, 0.2) is 0 Å². The summed E-state index contributed by atoms with van der Waals surface area (Å²) in [5.74, 6) is 1.77. The van der Waals surface area contributed by atoms with E-state index in [1.54, 1.807) is 0 Å². The van der Waals surface area contributed by atoms with Crippen molar-refractivity contribution in [2.45, 2.75) is 80.1 Å². The van der Waals surface area contributed by atoms with Gasteiger partial charge in [-0.3, -0.25) is 9.59 Å². The molecule has 1 heterocycles. The first-order chi connectivity index (χ1) is 11.0. The summed E-state index contributed by atoms with van der Waals surface area (Å²) in [7, 11) is 0. The van der Waals surface area contributed by atoms with Crippen LogP contribution in [-0.4, -0.2) is 29.7 Å². The number of carbonyl (C=O) groups is 2. The average Bonchev–Trinajstić information content (AvgIpc) is 2.52. The second-order valence-corrected chi connectivity index (χ2v) is 10.1. The van der Waals surface area contributed by atoms with Gasteiger partial charge < -0.3 is 4.90 Å². The molecule has 0 spiro atoms. The second-order valence-electron chi connectivity index (χ2n) is 10.1. The summed E-state index contributed by atoms with van der Waals surface area (Å²) in [5.41, 5.74) is 0.0941. The SMILES string of the molecule is CC(C)(C)C(=O)C1CCC(C(=O)N2CCC(C(C)(C)C)CC2)CC1. The van der Waals surface area contributed by atoms with Gasteiger partial charge in [-0.1, -0.05) is 41.5 Å². The average molecular weight is 336 g/mol. The van der Waals surface area contributed by atoms with Crippen molar-refractivity contribution in [3.63, 3.8) is 0 Å². The molecule has 1 aliphatic heterocycles. The molecule has 3 nitrogen and oxygen atoms in total. The summed E-state index contributed by atoms with van der Waals surface area (Å²) in [5, 5.41) is 0. The number of ketones is 1. The molecular weight excluding hydrogens is 298 g/mol. The second kappa shape index (κ2) is 7.17. The molecule has 24 heavy (non-hydrogen) atoms. The first-order valence-electron chi connectivity index (χ1n) is 9.83. The van der Waals surface area contributed by atoms with E-state index in [1.165, 1.54) is 0 Å². The van der Waals surface area contributed by atoms with E-state index in [1.807, 2.05) is 20.8 Å². The fraction of sp³-hybridized carbons (Fsp3) is 0.905. The molecule has 2 aliphatic rings. The standard InChI is InChI=1S/C21H37NO2/c1-20(2,3)17-11-13-22(14-12-17)19(24)16-9-7-15(8-10-16)18(23)21(4,5)6/h15-17H,7-14H2,1-6H3. The van der Waals surface area contributed by atoms with E-state index in [4.69, 9.17) is 0 Å². The van der Waals surface area contributed by atoms with Crippen LogP contribution in [0.4, 0.5) is 0 Å². The topological polar surface area (TPSA) is 37.4 Å². The maximum absolute atomic E-state index is 12.8. The third kappa shape index (κ3) is 4.61. The van der Waals surface area contributed by atoms with E-state index < -0.39 is 0 Å². The maximum atomic E-state index is 12.8. The molecule has 0 atom stereocenters. The Morgan fingerprint density at radius 3 is 1.62 bits per heavy atom. The molecule has 0 unspecified atom stereocenters. The van der Waals surface area contributed by atoms with Crippen molar-refractivity contribution in [1.29, 1.82) is 0 Å². The number of likely N-dealkylation sites (tertiary alicyclic amines) is 1. The van der Waals surface area contributed by atoms with Gasteiger partial charge in [0.15, 0.2) is 0 Å². The highest BCUT2D eigenvalue weighted by Crippen LogP contribution is 2.37. The zero-order valence-electron chi connectivity index (χ0n) is 16.7. The number of nitrogens with zero attached hydrogens (tertiary/aromatic N) is 1. The van der Waals surface area contributed by atoms with Gasteiger partial charge in [-0.25, -0.2) is 0 Å². The minimum absolute atomic E-state index is 0.153. The number of hydrogen-bond acceptors (Lipinski definition) is 2. The number of amides is 1. The van der Waals surface area contributed by atoms with Crippen LogP contribution in [0.3, 0.4) is 0 Å². The summed E-state index contributed by atoms with van der Waals surface area (Å²) in [6, 6.07) is 0. The summed E-state index contributed by atoms with van der Waals surface area (Å²) in [6.45, 7) is 14.8. The van der Waals surface area contributed by atoms with Crippen LogP contribution in [0.2, 0.25) is 0 Å². The molecule has 3 heteroatoms. The zero-order chi connectivity index (χ0) is 18.1. The van der Waals surface area contributed by atoms with E-state index in [9.17, 15) is 9.59 Å². The van der Waals surface area contributed by atoms with Crippen LogP contribution >= 0.6 is 0 Å². The first kappa shape index (κ1) is 19.5. The van der Waals surface area contributed by atoms with Gasteiger partial charge in [0.2, 0.25) is 5.91 Å². The van der Waals surface area contributed by atoms with Gasteiger partial charge in [-0.05, 0) is 49.9 Å². The fourth-order valence-corrected chi connectivity index (χ4v) is 4.44. The summed E-state index contributed by atoms with van der Waals surface area (Å²) < 4.78 is 0. The van der Waals surface area contributed by atoms with E-state index in [0.29, 0.717) is 17.1 Å². The smallest absolute Gasteiger partial charge is 0.225 e. The molecule has 1 saturated heterocycles. The van der Waals surface area contributed by atoms with Crippen molar-refractivity contribution >= 4 is 11.7 Å². The zero-order valence-corrected chi connectivity index (χ0v) is 16.7. The molecule has 0 bridgehead atoms. The van der Waals surface area contributed by atoms with E-state index in [2.05, 4.69) is 25.7 Å². The molecule has 0 aromatic heterocycles. The third-order valence-electron chi connectivity index (χ3n) is 6.22. The predicted octanol–water partition coefficient (Wildman–Crippen LogP) is 4.69. The Balaban J connectivity index is 1.83. The Kier molecular flexibility index (Phi) is 5.82. The van der Waals surface area contributed by atoms with Gasteiger partial charge >= 0.3 is 0 Å². The van der Waals surface area contributed by atoms with Crippen molar-refractivity contribution < 1.29 is 9.59 Å². The van der Waals surface area contributed by atoms with Gasteiger partial charge in [-0.15, -0.1) is 0 Å². The summed E-state index contributed by atoms with van der Waals surface area (Å²) in [6.07, 6.45) is 5.84. The number of piperidine rings is 1. The predicted molar refractivity (Wildman–Crippen MR) is 98.7 cm³/mol. The molecule has 0 radical (unpaired) electrons. The van der Waals surface area contributed by atoms with Crippen molar-refractivity contribution in [1.82, 2.24) is 4.90 Å². The molecule has 1 saturated carbocycles. The lowest BCUT2D eigenvalue weighted by molar-refractivity contribution is -0.141. The minimum atomic E-state index is -0.254. The van der Waals surface area contributed by atoms with E-state index in [-0.39, 0.29) is 17.3 Å². The minimum Gasteiger partial charge on any atom is -0.342 e. The molecule has 2 rings (SSSR count). The molecule has 138 valence electrons. The van der Waals surface area contributed by atoms with E-state index >= 15 is 0 Å². The Bertz CT molecular complexity index is 453. The number of rotatable bonds is 2. The van der Waals surface area contributed by atoms with Gasteiger partial charge in [0.25, 0.3) is 0 Å². The third-order valence-corrected chi connectivity index (χ3v) is 6.22. The quantitative estimate of drug-likeness (QED) is 0.734. The number of carbonyl (C=O) groups excluding carboxylic acids is 2. The van der Waals surface area contributed by atoms with Crippen molar-refractivity contribution in [3.05, 3.63) is 0 Å². The van der Waals surface area contributed by atoms with Gasteiger partial charge in [0.05, 0.1) is 0 Å². The summed E-state index contributed by atoms with van der Waals surface area (Å²) >= 11 is 0. The largest absolute Gasteiger partial charge is 0.342 e. The van der Waals surface area contributed by atoms with Crippen LogP contribution in [0.5, 0.6) is 0 Å². The lowest BCUT2D eigenvalue weighted by atomic mass is 9.72. The Morgan fingerprint density at radius 2 is 1.21 bits per heavy atom. The highest BCUT2D eigenvalue weighted by atomic mass is 16.2. The van der Waals surface area contributed by atoms with Crippen LogP contribution in [0.25, 0.3) is 0 Å². The molecule has 2 fully saturated rings. The molecule has 1 amide bonds. The van der Waals surface area contributed by atoms with Crippen molar-refractivity contribution in [3.8, 4) is 0 Å². The lowest BCUT2D eigenvalue weighted by Crippen LogP contribution is -2.45. The van der Waals surface area contributed by atoms with Gasteiger partial charge in [-0.2, -0.15) is 0 Å². The normalized spacial score (nSPS) is 27.2. The maximum Gasteiger partial charge on any atom is 0.225 e. The fourth-order valence-electron chi connectivity index (χ4n) is 4.44. The monoisotopic (exact) mass is 335 g/mol. The molecule has 1 aliphatic carbocycles.